The maximum absolute atomic E-state index is 4.49. The van der Waals surface area contributed by atoms with Gasteiger partial charge in [0.2, 0.25) is 0 Å². The summed E-state index contributed by atoms with van der Waals surface area (Å²) in [6.45, 7) is 2.15. The van der Waals surface area contributed by atoms with E-state index in [9.17, 15) is 0 Å². The van der Waals surface area contributed by atoms with Gasteiger partial charge in [-0.05, 0) is 18.6 Å². The summed E-state index contributed by atoms with van der Waals surface area (Å²) in [7, 11) is 1.87. The van der Waals surface area contributed by atoms with Crippen LogP contribution in [0.2, 0.25) is 0 Å². The quantitative estimate of drug-likeness (QED) is 0.852. The van der Waals surface area contributed by atoms with Gasteiger partial charge in [-0.25, -0.2) is 9.97 Å². The summed E-state index contributed by atoms with van der Waals surface area (Å²) in [4.78, 5) is 8.83. The molecule has 16 heavy (non-hydrogen) atoms. The molecule has 84 valence electrons. The van der Waals surface area contributed by atoms with Crippen LogP contribution in [0, 0.1) is 0 Å². The zero-order chi connectivity index (χ0) is 11.4. The zero-order valence-electron chi connectivity index (χ0n) is 9.64. The summed E-state index contributed by atoms with van der Waals surface area (Å²) >= 11 is 0. The number of pyridine rings is 1. The SMILES string of the molecule is CCCc1nccn1-c1cccc(NC)n1. The molecule has 2 aromatic heterocycles. The monoisotopic (exact) mass is 216 g/mol. The minimum absolute atomic E-state index is 0.869. The molecule has 0 aliphatic carbocycles. The van der Waals surface area contributed by atoms with E-state index in [1.165, 1.54) is 0 Å². The lowest BCUT2D eigenvalue weighted by molar-refractivity contribution is 0.798. The topological polar surface area (TPSA) is 42.7 Å². The minimum atomic E-state index is 0.869. The first kappa shape index (κ1) is 10.7. The Labute approximate surface area is 95.4 Å². The normalized spacial score (nSPS) is 10.4. The van der Waals surface area contributed by atoms with E-state index in [0.717, 1.165) is 30.3 Å². The second-order valence-corrected chi connectivity index (χ2v) is 3.59. The summed E-state index contributed by atoms with van der Waals surface area (Å²) in [6, 6.07) is 5.92. The van der Waals surface area contributed by atoms with Crippen LogP contribution in [0.15, 0.2) is 30.6 Å². The maximum Gasteiger partial charge on any atom is 0.140 e. The molecule has 0 radical (unpaired) electrons. The number of rotatable bonds is 4. The Kier molecular flexibility index (Phi) is 3.19. The van der Waals surface area contributed by atoms with Crippen molar-refractivity contribution in [1.82, 2.24) is 14.5 Å². The molecular weight excluding hydrogens is 200 g/mol. The molecular formula is C12H16N4. The van der Waals surface area contributed by atoms with E-state index in [-0.39, 0.29) is 0 Å². The van der Waals surface area contributed by atoms with Crippen molar-refractivity contribution < 1.29 is 0 Å². The molecule has 0 amide bonds. The molecule has 0 spiro atoms. The lowest BCUT2D eigenvalue weighted by Gasteiger charge is -2.07. The Morgan fingerprint density at radius 1 is 1.38 bits per heavy atom. The van der Waals surface area contributed by atoms with E-state index < -0.39 is 0 Å². The highest BCUT2D eigenvalue weighted by Gasteiger charge is 2.05. The second-order valence-electron chi connectivity index (χ2n) is 3.59. The van der Waals surface area contributed by atoms with E-state index in [1.807, 2.05) is 42.2 Å². The third-order valence-corrected chi connectivity index (χ3v) is 2.43. The number of hydrogen-bond donors (Lipinski definition) is 1. The molecule has 0 unspecified atom stereocenters. The van der Waals surface area contributed by atoms with Crippen LogP contribution in [0.1, 0.15) is 19.2 Å². The molecule has 0 saturated carbocycles. The average Bonchev–Trinajstić information content (AvgIpc) is 2.78. The molecule has 2 rings (SSSR count). The van der Waals surface area contributed by atoms with Crippen LogP contribution in [-0.2, 0) is 6.42 Å². The predicted octanol–water partition coefficient (Wildman–Crippen LogP) is 2.26. The van der Waals surface area contributed by atoms with Gasteiger partial charge in [0, 0.05) is 25.9 Å². The fraction of sp³-hybridized carbons (Fsp3) is 0.333. The number of anilines is 1. The van der Waals surface area contributed by atoms with Gasteiger partial charge >= 0.3 is 0 Å². The Morgan fingerprint density at radius 2 is 2.25 bits per heavy atom. The fourth-order valence-corrected chi connectivity index (χ4v) is 1.65. The average molecular weight is 216 g/mol. The highest BCUT2D eigenvalue weighted by Crippen LogP contribution is 2.12. The molecule has 0 aromatic carbocycles. The highest BCUT2D eigenvalue weighted by atomic mass is 15.1. The van der Waals surface area contributed by atoms with Crippen LogP contribution in [0.25, 0.3) is 5.82 Å². The Bertz CT molecular complexity index is 462. The van der Waals surface area contributed by atoms with Gasteiger partial charge in [-0.2, -0.15) is 0 Å². The molecule has 0 fully saturated rings. The van der Waals surface area contributed by atoms with Crippen LogP contribution >= 0.6 is 0 Å². The van der Waals surface area contributed by atoms with E-state index in [1.54, 1.807) is 0 Å². The van der Waals surface area contributed by atoms with Gasteiger partial charge in [0.05, 0.1) is 0 Å². The first-order chi connectivity index (χ1) is 7.85. The van der Waals surface area contributed by atoms with Crippen molar-refractivity contribution in [1.29, 1.82) is 0 Å². The Balaban J connectivity index is 2.37. The van der Waals surface area contributed by atoms with Gasteiger partial charge in [-0.3, -0.25) is 4.57 Å². The van der Waals surface area contributed by atoms with E-state index in [0.29, 0.717) is 0 Å². The second kappa shape index (κ2) is 4.79. The summed E-state index contributed by atoms with van der Waals surface area (Å²) in [5, 5.41) is 3.04. The summed E-state index contributed by atoms with van der Waals surface area (Å²) in [6.07, 6.45) is 5.83. The first-order valence-corrected chi connectivity index (χ1v) is 5.52. The van der Waals surface area contributed by atoms with Crippen molar-refractivity contribution in [3.63, 3.8) is 0 Å². The van der Waals surface area contributed by atoms with Gasteiger partial charge in [-0.1, -0.05) is 13.0 Å². The summed E-state index contributed by atoms with van der Waals surface area (Å²) in [5.74, 6) is 2.84. The van der Waals surface area contributed by atoms with Crippen molar-refractivity contribution in [2.45, 2.75) is 19.8 Å². The number of hydrogen-bond acceptors (Lipinski definition) is 3. The fourth-order valence-electron chi connectivity index (χ4n) is 1.65. The molecule has 0 aliphatic rings. The molecule has 4 heteroatoms. The number of nitrogens with zero attached hydrogens (tertiary/aromatic N) is 3. The van der Waals surface area contributed by atoms with Crippen molar-refractivity contribution in [2.24, 2.45) is 0 Å². The van der Waals surface area contributed by atoms with E-state index >= 15 is 0 Å². The standard InChI is InChI=1S/C12H16N4/c1-3-5-11-14-8-9-16(11)12-7-4-6-10(13-2)15-12/h4,6-9H,3,5H2,1-2H3,(H,13,15). The minimum Gasteiger partial charge on any atom is -0.373 e. The third-order valence-electron chi connectivity index (χ3n) is 2.43. The molecule has 0 saturated heterocycles. The van der Waals surface area contributed by atoms with Gasteiger partial charge in [0.1, 0.15) is 17.5 Å². The molecule has 0 bridgehead atoms. The summed E-state index contributed by atoms with van der Waals surface area (Å²) < 4.78 is 2.03. The van der Waals surface area contributed by atoms with Crippen molar-refractivity contribution in [3.8, 4) is 5.82 Å². The van der Waals surface area contributed by atoms with Crippen LogP contribution in [-0.4, -0.2) is 21.6 Å². The summed E-state index contributed by atoms with van der Waals surface area (Å²) in [5.41, 5.74) is 0. The molecule has 2 heterocycles. The molecule has 2 aromatic rings. The van der Waals surface area contributed by atoms with Crippen LogP contribution in [0.5, 0.6) is 0 Å². The Hall–Kier alpha value is -1.84. The lowest BCUT2D eigenvalue weighted by atomic mass is 10.3. The first-order valence-electron chi connectivity index (χ1n) is 5.52. The van der Waals surface area contributed by atoms with Gasteiger partial charge < -0.3 is 5.32 Å². The molecule has 4 nitrogen and oxygen atoms in total. The van der Waals surface area contributed by atoms with Crippen molar-refractivity contribution >= 4 is 5.82 Å². The Morgan fingerprint density at radius 3 is 3.00 bits per heavy atom. The number of aromatic nitrogens is 3. The van der Waals surface area contributed by atoms with Gasteiger partial charge in [-0.15, -0.1) is 0 Å². The van der Waals surface area contributed by atoms with E-state index in [2.05, 4.69) is 22.2 Å². The van der Waals surface area contributed by atoms with E-state index in [4.69, 9.17) is 0 Å². The molecule has 1 N–H and O–H groups in total. The predicted molar refractivity (Wildman–Crippen MR) is 64.9 cm³/mol. The highest BCUT2D eigenvalue weighted by molar-refractivity contribution is 5.39. The van der Waals surface area contributed by atoms with Crippen LogP contribution < -0.4 is 5.32 Å². The lowest BCUT2D eigenvalue weighted by Crippen LogP contribution is -2.03. The molecule has 0 atom stereocenters. The maximum atomic E-state index is 4.49. The molecule has 0 aliphatic heterocycles. The smallest absolute Gasteiger partial charge is 0.140 e. The number of imidazole rings is 1. The zero-order valence-corrected chi connectivity index (χ0v) is 9.64. The van der Waals surface area contributed by atoms with Crippen molar-refractivity contribution in [2.75, 3.05) is 12.4 Å². The third kappa shape index (κ3) is 2.05. The number of aryl methyl sites for hydroxylation is 1. The van der Waals surface area contributed by atoms with Gasteiger partial charge in [0.25, 0.3) is 0 Å². The van der Waals surface area contributed by atoms with Crippen LogP contribution in [0.4, 0.5) is 5.82 Å². The van der Waals surface area contributed by atoms with Crippen LogP contribution in [0.3, 0.4) is 0 Å². The van der Waals surface area contributed by atoms with Crippen molar-refractivity contribution in [3.05, 3.63) is 36.4 Å². The van der Waals surface area contributed by atoms with Gasteiger partial charge in [0.15, 0.2) is 0 Å². The number of nitrogens with one attached hydrogen (secondary N) is 1. The largest absolute Gasteiger partial charge is 0.373 e.